The maximum atomic E-state index is 5.89. The first-order chi connectivity index (χ1) is 10.8. The molecule has 112 valence electrons. The van der Waals surface area contributed by atoms with E-state index < -0.39 is 0 Å². The topological polar surface area (TPSA) is 64.9 Å². The lowest BCUT2D eigenvalue weighted by Gasteiger charge is -2.09. The fourth-order valence-corrected chi connectivity index (χ4v) is 2.78. The van der Waals surface area contributed by atoms with Crippen LogP contribution >= 0.6 is 11.6 Å². The number of aromatic nitrogens is 4. The van der Waals surface area contributed by atoms with Crippen molar-refractivity contribution in [2.75, 3.05) is 18.5 Å². The first-order valence-electron chi connectivity index (χ1n) is 7.12. The van der Waals surface area contributed by atoms with Crippen LogP contribution in [0.4, 0.5) is 5.82 Å². The van der Waals surface area contributed by atoms with Crippen LogP contribution in [0.25, 0.3) is 16.7 Å². The second-order valence-electron chi connectivity index (χ2n) is 5.17. The molecule has 0 saturated carbocycles. The molecule has 1 aliphatic heterocycles. The van der Waals surface area contributed by atoms with Gasteiger partial charge in [-0.2, -0.15) is 4.98 Å². The fraction of sp³-hybridized carbons (Fsp3) is 0.267. The standard InChI is InChI=1S/C15H14ClN5O/c16-15-17-7-5-13(19-15)21-12-4-2-1-3-11(12)14(20-21)18-10-6-8-22-9-10/h1-5,7,10H,6,8-9H2,(H,18,20). The van der Waals surface area contributed by atoms with Crippen molar-refractivity contribution in [2.45, 2.75) is 12.5 Å². The molecule has 0 spiro atoms. The molecule has 0 amide bonds. The lowest BCUT2D eigenvalue weighted by atomic mass is 10.2. The molecule has 1 fully saturated rings. The third-order valence-corrected chi connectivity index (χ3v) is 3.87. The Hall–Kier alpha value is -2.18. The zero-order valence-corrected chi connectivity index (χ0v) is 12.5. The molecule has 0 bridgehead atoms. The summed E-state index contributed by atoms with van der Waals surface area (Å²) < 4.78 is 7.19. The molecule has 1 aromatic carbocycles. The van der Waals surface area contributed by atoms with Gasteiger partial charge in [0.1, 0.15) is 0 Å². The van der Waals surface area contributed by atoms with Crippen LogP contribution in [-0.2, 0) is 4.74 Å². The molecule has 7 heteroatoms. The normalized spacial score (nSPS) is 18.0. The Labute approximate surface area is 132 Å². The second-order valence-corrected chi connectivity index (χ2v) is 5.50. The van der Waals surface area contributed by atoms with Crippen LogP contribution in [0, 0.1) is 0 Å². The Balaban J connectivity index is 1.81. The lowest BCUT2D eigenvalue weighted by Crippen LogP contribution is -2.19. The van der Waals surface area contributed by atoms with E-state index >= 15 is 0 Å². The third kappa shape index (κ3) is 2.40. The largest absolute Gasteiger partial charge is 0.379 e. The number of benzene rings is 1. The van der Waals surface area contributed by atoms with Crippen molar-refractivity contribution in [1.82, 2.24) is 19.7 Å². The van der Waals surface area contributed by atoms with Gasteiger partial charge in [-0.05, 0) is 30.2 Å². The summed E-state index contributed by atoms with van der Waals surface area (Å²) in [5, 5.41) is 9.37. The molecule has 1 unspecified atom stereocenters. The summed E-state index contributed by atoms with van der Waals surface area (Å²) in [6, 6.07) is 10.1. The average molecular weight is 316 g/mol. The summed E-state index contributed by atoms with van der Waals surface area (Å²) >= 11 is 5.89. The van der Waals surface area contributed by atoms with Gasteiger partial charge in [-0.15, -0.1) is 5.10 Å². The minimum atomic E-state index is 0.204. The van der Waals surface area contributed by atoms with Gasteiger partial charge in [-0.3, -0.25) is 0 Å². The van der Waals surface area contributed by atoms with Crippen LogP contribution in [0.2, 0.25) is 5.28 Å². The van der Waals surface area contributed by atoms with Crippen LogP contribution in [0.1, 0.15) is 6.42 Å². The molecular formula is C15H14ClN5O. The highest BCUT2D eigenvalue weighted by Crippen LogP contribution is 2.26. The van der Waals surface area contributed by atoms with E-state index in [0.717, 1.165) is 29.7 Å². The molecule has 4 rings (SSSR count). The number of anilines is 1. The number of halogens is 1. The lowest BCUT2D eigenvalue weighted by molar-refractivity contribution is 0.195. The first-order valence-corrected chi connectivity index (χ1v) is 7.50. The monoisotopic (exact) mass is 315 g/mol. The first kappa shape index (κ1) is 13.5. The molecule has 0 radical (unpaired) electrons. The van der Waals surface area contributed by atoms with Crippen molar-refractivity contribution in [3.63, 3.8) is 0 Å². The molecule has 1 atom stereocenters. The fourth-order valence-electron chi connectivity index (χ4n) is 2.63. The van der Waals surface area contributed by atoms with Gasteiger partial charge in [0.05, 0.1) is 18.2 Å². The Kier molecular flexibility index (Phi) is 3.40. The molecule has 1 saturated heterocycles. The Morgan fingerprint density at radius 1 is 1.27 bits per heavy atom. The van der Waals surface area contributed by atoms with Crippen molar-refractivity contribution in [3.05, 3.63) is 41.8 Å². The number of rotatable bonds is 3. The minimum absolute atomic E-state index is 0.204. The number of para-hydroxylation sites is 1. The van der Waals surface area contributed by atoms with Crippen LogP contribution < -0.4 is 5.32 Å². The zero-order valence-electron chi connectivity index (χ0n) is 11.7. The quantitative estimate of drug-likeness (QED) is 0.753. The van der Waals surface area contributed by atoms with E-state index in [1.54, 1.807) is 16.9 Å². The smallest absolute Gasteiger partial charge is 0.224 e. The second kappa shape index (κ2) is 5.55. The molecule has 0 aliphatic carbocycles. The number of hydrogen-bond acceptors (Lipinski definition) is 5. The van der Waals surface area contributed by atoms with E-state index in [9.17, 15) is 0 Å². The number of fused-ring (bicyclic) bond motifs is 1. The molecule has 22 heavy (non-hydrogen) atoms. The Morgan fingerprint density at radius 3 is 3.00 bits per heavy atom. The van der Waals surface area contributed by atoms with E-state index in [1.807, 2.05) is 24.3 Å². The van der Waals surface area contributed by atoms with Gasteiger partial charge in [0.15, 0.2) is 11.6 Å². The molecule has 3 aromatic rings. The summed E-state index contributed by atoms with van der Waals surface area (Å²) in [5.74, 6) is 1.48. The van der Waals surface area contributed by atoms with Crippen molar-refractivity contribution >= 4 is 28.3 Å². The maximum absolute atomic E-state index is 5.89. The van der Waals surface area contributed by atoms with E-state index in [4.69, 9.17) is 16.3 Å². The summed E-state index contributed by atoms with van der Waals surface area (Å²) in [7, 11) is 0. The highest BCUT2D eigenvalue weighted by Gasteiger charge is 2.19. The predicted molar refractivity (Wildman–Crippen MR) is 84.5 cm³/mol. The molecule has 3 heterocycles. The minimum Gasteiger partial charge on any atom is -0.379 e. The molecule has 6 nitrogen and oxygen atoms in total. The Bertz CT molecular complexity index is 813. The van der Waals surface area contributed by atoms with Crippen LogP contribution in [0.5, 0.6) is 0 Å². The Morgan fingerprint density at radius 2 is 2.18 bits per heavy atom. The van der Waals surface area contributed by atoms with E-state index in [1.165, 1.54) is 0 Å². The number of ether oxygens (including phenoxy) is 1. The van der Waals surface area contributed by atoms with Gasteiger partial charge in [-0.25, -0.2) is 9.67 Å². The maximum Gasteiger partial charge on any atom is 0.224 e. The molecular weight excluding hydrogens is 302 g/mol. The molecule has 1 N–H and O–H groups in total. The van der Waals surface area contributed by atoms with Gasteiger partial charge in [-0.1, -0.05) is 12.1 Å². The SMILES string of the molecule is Clc1nccc(-n2nc(NC3CCOC3)c3ccccc32)n1. The van der Waals surface area contributed by atoms with Crippen LogP contribution in [0.15, 0.2) is 36.5 Å². The summed E-state index contributed by atoms with van der Waals surface area (Å²) in [6.07, 6.45) is 2.61. The number of nitrogens with one attached hydrogen (secondary N) is 1. The van der Waals surface area contributed by atoms with Gasteiger partial charge in [0.2, 0.25) is 5.28 Å². The highest BCUT2D eigenvalue weighted by atomic mass is 35.5. The van der Waals surface area contributed by atoms with Gasteiger partial charge in [0.25, 0.3) is 0 Å². The van der Waals surface area contributed by atoms with E-state index in [2.05, 4.69) is 20.4 Å². The van der Waals surface area contributed by atoms with Gasteiger partial charge in [0, 0.05) is 24.3 Å². The van der Waals surface area contributed by atoms with E-state index in [0.29, 0.717) is 18.5 Å². The summed E-state index contributed by atoms with van der Waals surface area (Å²) in [4.78, 5) is 8.16. The van der Waals surface area contributed by atoms with Gasteiger partial charge >= 0.3 is 0 Å². The average Bonchev–Trinajstić information content (AvgIpc) is 3.16. The number of hydrogen-bond donors (Lipinski definition) is 1. The van der Waals surface area contributed by atoms with Crippen molar-refractivity contribution in [1.29, 1.82) is 0 Å². The van der Waals surface area contributed by atoms with Crippen molar-refractivity contribution < 1.29 is 4.74 Å². The van der Waals surface area contributed by atoms with Crippen molar-refractivity contribution in [2.24, 2.45) is 0 Å². The van der Waals surface area contributed by atoms with E-state index in [-0.39, 0.29) is 5.28 Å². The van der Waals surface area contributed by atoms with Crippen LogP contribution in [0.3, 0.4) is 0 Å². The zero-order chi connectivity index (χ0) is 14.9. The van der Waals surface area contributed by atoms with Crippen molar-refractivity contribution in [3.8, 4) is 5.82 Å². The molecule has 2 aromatic heterocycles. The third-order valence-electron chi connectivity index (χ3n) is 3.69. The number of nitrogens with zero attached hydrogens (tertiary/aromatic N) is 4. The van der Waals surface area contributed by atoms with Gasteiger partial charge < -0.3 is 10.1 Å². The highest BCUT2D eigenvalue weighted by molar-refractivity contribution is 6.28. The molecule has 1 aliphatic rings. The summed E-state index contributed by atoms with van der Waals surface area (Å²) in [6.45, 7) is 1.50. The predicted octanol–water partition coefficient (Wildman–Crippen LogP) is 2.67. The van der Waals surface area contributed by atoms with Crippen LogP contribution in [-0.4, -0.2) is 39.0 Å². The summed E-state index contributed by atoms with van der Waals surface area (Å²) in [5.41, 5.74) is 0.971.